The number of epoxide rings is 1. The fraction of sp³-hybridized carbons (Fsp3) is 0.368. The molecule has 1 fully saturated rings. The molecule has 132 valence electrons. The SMILES string of the molecule is CC1(C)Oc2ccc(S(=O)(=O)NCCc3ccccc3)cc2C2OC21. The molecule has 0 saturated carbocycles. The Kier molecular flexibility index (Phi) is 3.86. The highest BCUT2D eigenvalue weighted by molar-refractivity contribution is 7.89. The molecule has 25 heavy (non-hydrogen) atoms. The van der Waals surface area contributed by atoms with Crippen molar-refractivity contribution in [3.63, 3.8) is 0 Å². The van der Waals surface area contributed by atoms with Crippen molar-refractivity contribution in [2.24, 2.45) is 0 Å². The van der Waals surface area contributed by atoms with Gasteiger partial charge in [0.05, 0.1) is 4.90 Å². The van der Waals surface area contributed by atoms with Crippen LogP contribution in [0, 0.1) is 0 Å². The first kappa shape index (κ1) is 16.6. The van der Waals surface area contributed by atoms with Crippen molar-refractivity contribution < 1.29 is 17.9 Å². The van der Waals surface area contributed by atoms with Crippen molar-refractivity contribution in [2.75, 3.05) is 6.54 Å². The number of nitrogens with one attached hydrogen (secondary N) is 1. The van der Waals surface area contributed by atoms with E-state index in [0.29, 0.717) is 18.7 Å². The second-order valence-corrected chi connectivity index (χ2v) is 8.78. The molecule has 0 radical (unpaired) electrons. The van der Waals surface area contributed by atoms with E-state index in [2.05, 4.69) is 4.72 Å². The van der Waals surface area contributed by atoms with Crippen LogP contribution in [0.25, 0.3) is 0 Å². The van der Waals surface area contributed by atoms with Crippen LogP contribution in [0.5, 0.6) is 5.75 Å². The lowest BCUT2D eigenvalue weighted by Crippen LogP contribution is -2.37. The summed E-state index contributed by atoms with van der Waals surface area (Å²) in [4.78, 5) is 0.247. The van der Waals surface area contributed by atoms with Crippen molar-refractivity contribution in [1.82, 2.24) is 4.72 Å². The lowest BCUT2D eigenvalue weighted by molar-refractivity contribution is 0.0724. The van der Waals surface area contributed by atoms with E-state index in [1.54, 1.807) is 18.2 Å². The highest BCUT2D eigenvalue weighted by Crippen LogP contribution is 2.53. The van der Waals surface area contributed by atoms with Gasteiger partial charge in [-0.25, -0.2) is 13.1 Å². The van der Waals surface area contributed by atoms with Gasteiger partial charge in [0.1, 0.15) is 23.6 Å². The van der Waals surface area contributed by atoms with Crippen molar-refractivity contribution in [2.45, 2.75) is 43.0 Å². The molecule has 2 aliphatic heterocycles. The Balaban J connectivity index is 1.49. The third-order valence-electron chi connectivity index (χ3n) is 4.70. The van der Waals surface area contributed by atoms with Crippen molar-refractivity contribution in [1.29, 1.82) is 0 Å². The lowest BCUT2D eigenvalue weighted by atomic mass is 9.94. The second-order valence-electron chi connectivity index (χ2n) is 7.02. The first-order valence-corrected chi connectivity index (χ1v) is 9.87. The summed E-state index contributed by atoms with van der Waals surface area (Å²) in [5, 5.41) is 0. The number of hydrogen-bond acceptors (Lipinski definition) is 4. The highest BCUT2D eigenvalue weighted by Gasteiger charge is 2.56. The maximum absolute atomic E-state index is 12.6. The minimum Gasteiger partial charge on any atom is -0.485 e. The quantitative estimate of drug-likeness (QED) is 0.834. The largest absolute Gasteiger partial charge is 0.485 e. The van der Waals surface area contributed by atoms with Gasteiger partial charge in [0, 0.05) is 12.1 Å². The normalized spacial score (nSPS) is 23.3. The van der Waals surface area contributed by atoms with E-state index in [9.17, 15) is 8.42 Å². The summed E-state index contributed by atoms with van der Waals surface area (Å²) in [6.45, 7) is 4.32. The van der Waals surface area contributed by atoms with E-state index in [1.807, 2.05) is 44.2 Å². The van der Waals surface area contributed by atoms with Gasteiger partial charge in [-0.15, -0.1) is 0 Å². The third-order valence-corrected chi connectivity index (χ3v) is 6.16. The molecule has 5 nitrogen and oxygen atoms in total. The van der Waals surface area contributed by atoms with Gasteiger partial charge in [-0.05, 0) is 44.0 Å². The fourth-order valence-corrected chi connectivity index (χ4v) is 4.35. The van der Waals surface area contributed by atoms with Crippen LogP contribution in [0.1, 0.15) is 31.1 Å². The molecule has 2 aromatic rings. The number of hydrogen-bond donors (Lipinski definition) is 1. The first-order valence-electron chi connectivity index (χ1n) is 8.39. The zero-order chi connectivity index (χ0) is 17.7. The number of sulfonamides is 1. The van der Waals surface area contributed by atoms with E-state index in [0.717, 1.165) is 11.1 Å². The molecule has 4 rings (SSSR count). The summed E-state index contributed by atoms with van der Waals surface area (Å²) >= 11 is 0. The van der Waals surface area contributed by atoms with Crippen LogP contribution in [0.3, 0.4) is 0 Å². The van der Waals surface area contributed by atoms with E-state index in [-0.39, 0.29) is 22.7 Å². The van der Waals surface area contributed by atoms with E-state index in [1.165, 1.54) is 0 Å². The summed E-state index contributed by atoms with van der Waals surface area (Å²) in [6.07, 6.45) is 0.568. The average Bonchev–Trinajstić information content (AvgIpc) is 3.37. The molecule has 1 N–H and O–H groups in total. The molecule has 2 heterocycles. The standard InChI is InChI=1S/C19H21NO4S/c1-19(2)18-17(23-18)15-12-14(8-9-16(15)24-19)25(21,22)20-11-10-13-6-4-3-5-7-13/h3-9,12,17-18,20H,10-11H2,1-2H3. The highest BCUT2D eigenvalue weighted by atomic mass is 32.2. The first-order chi connectivity index (χ1) is 11.9. The summed E-state index contributed by atoms with van der Waals surface area (Å²) < 4.78 is 39.4. The zero-order valence-electron chi connectivity index (χ0n) is 14.2. The number of ether oxygens (including phenoxy) is 2. The second kappa shape index (κ2) is 5.83. The number of benzene rings is 2. The summed E-state index contributed by atoms with van der Waals surface area (Å²) in [5.41, 5.74) is 1.53. The topological polar surface area (TPSA) is 67.9 Å². The zero-order valence-corrected chi connectivity index (χ0v) is 15.0. The predicted octanol–water partition coefficient (Wildman–Crippen LogP) is 2.82. The predicted molar refractivity (Wildman–Crippen MR) is 94.1 cm³/mol. The number of fused-ring (bicyclic) bond motifs is 3. The number of rotatable bonds is 5. The van der Waals surface area contributed by atoms with Gasteiger partial charge in [-0.1, -0.05) is 30.3 Å². The van der Waals surface area contributed by atoms with Crippen LogP contribution in [0.2, 0.25) is 0 Å². The molecule has 0 aliphatic carbocycles. The fourth-order valence-electron chi connectivity index (χ4n) is 3.29. The minimum atomic E-state index is -3.56. The van der Waals surface area contributed by atoms with Gasteiger partial charge >= 0.3 is 0 Å². The summed E-state index contributed by atoms with van der Waals surface area (Å²) in [5.74, 6) is 0.701. The lowest BCUT2D eigenvalue weighted by Gasteiger charge is -2.29. The Labute approximate surface area is 148 Å². The molecule has 2 aromatic carbocycles. The Morgan fingerprint density at radius 2 is 1.88 bits per heavy atom. The average molecular weight is 359 g/mol. The molecule has 2 atom stereocenters. The van der Waals surface area contributed by atoms with Crippen molar-refractivity contribution >= 4 is 10.0 Å². The maximum atomic E-state index is 12.6. The third kappa shape index (κ3) is 3.17. The van der Waals surface area contributed by atoms with E-state index < -0.39 is 10.0 Å². The Morgan fingerprint density at radius 3 is 2.64 bits per heavy atom. The molecule has 0 spiro atoms. The van der Waals surface area contributed by atoms with Crippen LogP contribution in [-0.2, 0) is 21.2 Å². The van der Waals surface area contributed by atoms with Crippen LogP contribution in [0.4, 0.5) is 0 Å². The van der Waals surface area contributed by atoms with Crippen LogP contribution in [-0.4, -0.2) is 26.7 Å². The van der Waals surface area contributed by atoms with E-state index >= 15 is 0 Å². The van der Waals surface area contributed by atoms with Crippen molar-refractivity contribution in [3.8, 4) is 5.75 Å². The van der Waals surface area contributed by atoms with Crippen molar-refractivity contribution in [3.05, 3.63) is 59.7 Å². The molecular weight excluding hydrogens is 338 g/mol. The van der Waals surface area contributed by atoms with Crippen LogP contribution < -0.4 is 9.46 Å². The van der Waals surface area contributed by atoms with Gasteiger partial charge in [-0.3, -0.25) is 0 Å². The van der Waals surface area contributed by atoms with Gasteiger partial charge in [0.25, 0.3) is 0 Å². The van der Waals surface area contributed by atoms with Crippen LogP contribution >= 0.6 is 0 Å². The van der Waals surface area contributed by atoms with Gasteiger partial charge in [0.2, 0.25) is 10.0 Å². The molecule has 0 aromatic heterocycles. The maximum Gasteiger partial charge on any atom is 0.240 e. The molecule has 1 saturated heterocycles. The molecule has 6 heteroatoms. The van der Waals surface area contributed by atoms with Gasteiger partial charge in [-0.2, -0.15) is 0 Å². The molecule has 2 aliphatic rings. The molecule has 0 amide bonds. The van der Waals surface area contributed by atoms with Gasteiger partial charge in [0.15, 0.2) is 0 Å². The Hall–Kier alpha value is -1.89. The van der Waals surface area contributed by atoms with Crippen LogP contribution in [0.15, 0.2) is 53.4 Å². The van der Waals surface area contributed by atoms with E-state index in [4.69, 9.17) is 9.47 Å². The smallest absolute Gasteiger partial charge is 0.240 e. The van der Waals surface area contributed by atoms with Gasteiger partial charge < -0.3 is 9.47 Å². The summed E-state index contributed by atoms with van der Waals surface area (Å²) in [6, 6.07) is 14.8. The Bertz CT molecular complexity index is 893. The minimum absolute atomic E-state index is 0.0102. The summed E-state index contributed by atoms with van der Waals surface area (Å²) in [7, 11) is -3.56. The molecule has 2 unspecified atom stereocenters. The Morgan fingerprint density at radius 1 is 1.12 bits per heavy atom. The monoisotopic (exact) mass is 359 g/mol. The molecular formula is C19H21NO4S. The molecule has 0 bridgehead atoms.